The third-order valence-electron chi connectivity index (χ3n) is 6.38. The smallest absolute Gasteiger partial charge is 0.338 e. The molecule has 0 bridgehead atoms. The molecule has 0 aromatic heterocycles. The zero-order valence-electron chi connectivity index (χ0n) is 20.4. The second kappa shape index (κ2) is 9.52. The largest absolute Gasteiger partial charge is 0.486 e. The average Bonchev–Trinajstić information content (AvgIpc) is 2.85. The Morgan fingerprint density at radius 2 is 1.72 bits per heavy atom. The number of rotatable bonds is 5. The summed E-state index contributed by atoms with van der Waals surface area (Å²) in [5.74, 6) is -3.74. The number of hydrogen-bond donors (Lipinski definition) is 0. The zero-order valence-corrected chi connectivity index (χ0v) is 20.4. The van der Waals surface area contributed by atoms with Gasteiger partial charge in [0.1, 0.15) is 19.2 Å². The van der Waals surface area contributed by atoms with Gasteiger partial charge < -0.3 is 14.4 Å². The lowest BCUT2D eigenvalue weighted by Gasteiger charge is -2.47. The minimum absolute atomic E-state index is 0.00291. The molecule has 3 aliphatic rings. The average molecular weight is 495 g/mol. The van der Waals surface area contributed by atoms with Crippen LogP contribution in [0.4, 0.5) is 0 Å². The van der Waals surface area contributed by atoms with E-state index < -0.39 is 60.5 Å². The highest BCUT2D eigenvalue weighted by Gasteiger charge is 2.53. The molecule has 1 saturated heterocycles. The Labute approximate surface area is 207 Å². The van der Waals surface area contributed by atoms with Crippen LogP contribution in [0.15, 0.2) is 52.8 Å². The van der Waals surface area contributed by atoms with E-state index in [9.17, 15) is 28.8 Å². The molecule has 10 nitrogen and oxygen atoms in total. The number of esters is 1. The summed E-state index contributed by atoms with van der Waals surface area (Å²) in [6.45, 7) is 5.10. The SMILES string of the molecule is CC(=O)N1CC(=O)N2[C@@H](CC3=C(C(=O)C(C)=C(OC(C)C)C3=O)[C@@H]2COC(=O)c2ccccc2)C1=O. The molecule has 3 amide bonds. The summed E-state index contributed by atoms with van der Waals surface area (Å²) in [7, 11) is 0. The van der Waals surface area contributed by atoms with E-state index in [0.29, 0.717) is 0 Å². The van der Waals surface area contributed by atoms with Crippen LogP contribution in [0, 0.1) is 0 Å². The summed E-state index contributed by atoms with van der Waals surface area (Å²) in [4.78, 5) is 79.9. The summed E-state index contributed by atoms with van der Waals surface area (Å²) in [5.41, 5.74) is 0.363. The molecule has 2 heterocycles. The molecular weight excluding hydrogens is 468 g/mol. The molecule has 0 unspecified atom stereocenters. The molecule has 1 aliphatic carbocycles. The first-order chi connectivity index (χ1) is 17.0. The van der Waals surface area contributed by atoms with E-state index in [4.69, 9.17) is 9.47 Å². The number of hydrogen-bond acceptors (Lipinski definition) is 8. The number of ether oxygens (including phenoxy) is 2. The molecular formula is C26H26N2O8. The van der Waals surface area contributed by atoms with Crippen LogP contribution in [-0.4, -0.2) is 76.4 Å². The van der Waals surface area contributed by atoms with E-state index in [0.717, 1.165) is 4.90 Å². The molecule has 0 radical (unpaired) electrons. The fourth-order valence-electron chi connectivity index (χ4n) is 4.72. The van der Waals surface area contributed by atoms with E-state index >= 15 is 0 Å². The standard InChI is InChI=1S/C26H26N2O8/c1-13(2)36-24-14(3)22(31)21-17(23(24)32)10-18-25(33)27(15(4)29)11-20(30)28(18)19(21)12-35-26(34)16-8-6-5-7-9-16/h5-9,13,18-19H,10-12H2,1-4H3/t18-,19-/m0/s1. The number of imide groups is 1. The number of Topliss-reactive ketones (excluding diaryl/α,β-unsaturated/α-hetero) is 2. The molecule has 1 fully saturated rings. The number of allylic oxidation sites excluding steroid dienone is 2. The second-order valence-corrected chi connectivity index (χ2v) is 9.12. The van der Waals surface area contributed by atoms with Gasteiger partial charge in [-0.25, -0.2) is 4.79 Å². The van der Waals surface area contributed by atoms with Gasteiger partial charge in [0, 0.05) is 30.1 Å². The Morgan fingerprint density at radius 1 is 1.06 bits per heavy atom. The predicted octanol–water partition coefficient (Wildman–Crippen LogP) is 1.35. The molecule has 2 atom stereocenters. The fraction of sp³-hybridized carbons (Fsp3) is 0.385. The van der Waals surface area contributed by atoms with Crippen LogP contribution in [0.5, 0.6) is 0 Å². The van der Waals surface area contributed by atoms with Crippen molar-refractivity contribution in [3.05, 3.63) is 58.4 Å². The van der Waals surface area contributed by atoms with Gasteiger partial charge in [-0.05, 0) is 32.9 Å². The molecule has 36 heavy (non-hydrogen) atoms. The van der Waals surface area contributed by atoms with Gasteiger partial charge in [0.05, 0.1) is 17.7 Å². The number of benzene rings is 1. The first-order valence-electron chi connectivity index (χ1n) is 11.6. The van der Waals surface area contributed by atoms with Crippen LogP contribution in [0.25, 0.3) is 0 Å². The van der Waals surface area contributed by atoms with Crippen LogP contribution in [0.3, 0.4) is 0 Å². The number of piperazine rings is 1. The van der Waals surface area contributed by atoms with Crippen LogP contribution < -0.4 is 0 Å². The van der Waals surface area contributed by atoms with Crippen molar-refractivity contribution in [3.8, 4) is 0 Å². The highest BCUT2D eigenvalue weighted by Crippen LogP contribution is 2.39. The van der Waals surface area contributed by atoms with Crippen molar-refractivity contribution in [1.29, 1.82) is 0 Å². The normalized spacial score (nSPS) is 22.1. The predicted molar refractivity (Wildman–Crippen MR) is 124 cm³/mol. The Hall–Kier alpha value is -4.08. The Morgan fingerprint density at radius 3 is 2.33 bits per heavy atom. The molecule has 4 rings (SSSR count). The van der Waals surface area contributed by atoms with E-state index in [1.807, 2.05) is 0 Å². The van der Waals surface area contributed by atoms with Crippen molar-refractivity contribution in [2.75, 3.05) is 13.2 Å². The summed E-state index contributed by atoms with van der Waals surface area (Å²) in [5, 5.41) is 0. The number of fused-ring (bicyclic) bond motifs is 1. The number of nitrogens with zero attached hydrogens (tertiary/aromatic N) is 2. The van der Waals surface area contributed by atoms with E-state index in [1.54, 1.807) is 44.2 Å². The van der Waals surface area contributed by atoms with Gasteiger partial charge >= 0.3 is 5.97 Å². The molecule has 10 heteroatoms. The van der Waals surface area contributed by atoms with Crippen molar-refractivity contribution >= 4 is 35.3 Å². The van der Waals surface area contributed by atoms with Crippen molar-refractivity contribution in [2.24, 2.45) is 0 Å². The minimum Gasteiger partial charge on any atom is -0.486 e. The second-order valence-electron chi connectivity index (χ2n) is 9.12. The Bertz CT molecular complexity index is 1240. The zero-order chi connectivity index (χ0) is 26.3. The molecule has 188 valence electrons. The number of amides is 3. The van der Waals surface area contributed by atoms with Gasteiger partial charge in [-0.15, -0.1) is 0 Å². The first kappa shape index (κ1) is 25.0. The van der Waals surface area contributed by atoms with Crippen LogP contribution in [0.2, 0.25) is 0 Å². The Balaban J connectivity index is 1.76. The van der Waals surface area contributed by atoms with Gasteiger partial charge in [0.15, 0.2) is 11.5 Å². The molecule has 1 aromatic carbocycles. The molecule has 1 aromatic rings. The monoisotopic (exact) mass is 494 g/mol. The van der Waals surface area contributed by atoms with Crippen molar-refractivity contribution < 1.29 is 38.2 Å². The van der Waals surface area contributed by atoms with Gasteiger partial charge in [-0.3, -0.25) is 28.9 Å². The highest BCUT2D eigenvalue weighted by atomic mass is 16.5. The van der Waals surface area contributed by atoms with Crippen molar-refractivity contribution in [3.63, 3.8) is 0 Å². The van der Waals surface area contributed by atoms with Crippen LogP contribution >= 0.6 is 0 Å². The summed E-state index contributed by atoms with van der Waals surface area (Å²) < 4.78 is 11.1. The quantitative estimate of drug-likeness (QED) is 0.443. The molecule has 0 N–H and O–H groups in total. The maximum Gasteiger partial charge on any atom is 0.338 e. The van der Waals surface area contributed by atoms with Gasteiger partial charge in [0.2, 0.25) is 17.6 Å². The summed E-state index contributed by atoms with van der Waals surface area (Å²) >= 11 is 0. The lowest BCUT2D eigenvalue weighted by atomic mass is 9.77. The van der Waals surface area contributed by atoms with E-state index in [1.165, 1.54) is 18.7 Å². The van der Waals surface area contributed by atoms with Crippen LogP contribution in [-0.2, 0) is 33.4 Å². The van der Waals surface area contributed by atoms with Crippen molar-refractivity contribution in [2.45, 2.75) is 52.3 Å². The lowest BCUT2D eigenvalue weighted by molar-refractivity contribution is -0.164. The van der Waals surface area contributed by atoms with E-state index in [2.05, 4.69) is 0 Å². The van der Waals surface area contributed by atoms with Crippen molar-refractivity contribution in [1.82, 2.24) is 9.80 Å². The van der Waals surface area contributed by atoms with E-state index in [-0.39, 0.29) is 40.6 Å². The highest BCUT2D eigenvalue weighted by molar-refractivity contribution is 6.25. The fourth-order valence-corrected chi connectivity index (χ4v) is 4.72. The maximum absolute atomic E-state index is 13.5. The summed E-state index contributed by atoms with van der Waals surface area (Å²) in [6.07, 6.45) is -0.641. The van der Waals surface area contributed by atoms with Gasteiger partial charge in [-0.2, -0.15) is 0 Å². The third-order valence-corrected chi connectivity index (χ3v) is 6.38. The van der Waals surface area contributed by atoms with Gasteiger partial charge in [-0.1, -0.05) is 18.2 Å². The van der Waals surface area contributed by atoms with Gasteiger partial charge in [0.25, 0.3) is 5.91 Å². The third kappa shape index (κ3) is 4.23. The molecule has 0 spiro atoms. The minimum atomic E-state index is -1.20. The Kier molecular flexibility index (Phi) is 6.62. The maximum atomic E-state index is 13.5. The first-order valence-corrected chi connectivity index (χ1v) is 11.6. The lowest BCUT2D eigenvalue weighted by Crippen LogP contribution is -2.67. The van der Waals surface area contributed by atoms with Crippen LogP contribution in [0.1, 0.15) is 44.5 Å². The number of carbonyl (C=O) groups excluding carboxylic acids is 6. The number of carbonyl (C=O) groups is 6. The molecule has 2 aliphatic heterocycles. The number of ketones is 2. The topological polar surface area (TPSA) is 127 Å². The summed E-state index contributed by atoms with van der Waals surface area (Å²) in [6, 6.07) is 5.77. The molecule has 0 saturated carbocycles.